The normalized spacial score (nSPS) is 16.6. The van der Waals surface area contributed by atoms with Crippen molar-refractivity contribution in [2.45, 2.75) is 39.5 Å². The van der Waals surface area contributed by atoms with E-state index in [1.165, 1.54) is 19.3 Å². The number of aromatic nitrogens is 2. The fraction of sp³-hybridized carbons (Fsp3) is 0.667. The molecule has 0 bridgehead atoms. The summed E-state index contributed by atoms with van der Waals surface area (Å²) < 4.78 is 0. The maximum Gasteiger partial charge on any atom is 0.148 e. The second-order valence-electron chi connectivity index (χ2n) is 4.75. The van der Waals surface area contributed by atoms with E-state index < -0.39 is 0 Å². The predicted molar refractivity (Wildman–Crippen MR) is 69.7 cm³/mol. The van der Waals surface area contributed by atoms with Gasteiger partial charge in [-0.1, -0.05) is 13.8 Å². The van der Waals surface area contributed by atoms with Crippen LogP contribution in [-0.4, -0.2) is 16.5 Å². The standard InChI is InChI=1S/C12H21N5/c1-3-9-10(15-8-16-11(9)17-13)14-7-12(4-2)5-6-12/h8H,3-7,13H2,1-2H3,(H2,14,15,16,17). The van der Waals surface area contributed by atoms with Gasteiger partial charge in [-0.15, -0.1) is 0 Å². The minimum absolute atomic E-state index is 0.506. The number of nitrogens with zero attached hydrogens (tertiary/aromatic N) is 2. The smallest absolute Gasteiger partial charge is 0.148 e. The average Bonchev–Trinajstić information content (AvgIpc) is 3.16. The first-order chi connectivity index (χ1) is 8.24. The van der Waals surface area contributed by atoms with E-state index in [2.05, 4.69) is 34.6 Å². The van der Waals surface area contributed by atoms with Gasteiger partial charge in [-0.2, -0.15) is 0 Å². The van der Waals surface area contributed by atoms with Crippen LogP contribution in [0.15, 0.2) is 6.33 Å². The van der Waals surface area contributed by atoms with Crippen LogP contribution in [0.3, 0.4) is 0 Å². The topological polar surface area (TPSA) is 75.9 Å². The molecule has 0 spiro atoms. The van der Waals surface area contributed by atoms with E-state index in [-0.39, 0.29) is 0 Å². The number of nitrogens with two attached hydrogens (primary N) is 1. The van der Waals surface area contributed by atoms with Crippen LogP contribution >= 0.6 is 0 Å². The van der Waals surface area contributed by atoms with Crippen molar-refractivity contribution >= 4 is 11.6 Å². The minimum Gasteiger partial charge on any atom is -0.369 e. The molecule has 5 nitrogen and oxygen atoms in total. The van der Waals surface area contributed by atoms with Gasteiger partial charge in [0, 0.05) is 12.1 Å². The third-order valence-electron chi connectivity index (χ3n) is 3.77. The summed E-state index contributed by atoms with van der Waals surface area (Å²) in [5, 5.41) is 3.45. The van der Waals surface area contributed by atoms with Gasteiger partial charge in [0.1, 0.15) is 18.0 Å². The first-order valence-corrected chi connectivity index (χ1v) is 6.29. The Labute approximate surface area is 102 Å². The molecule has 0 aliphatic heterocycles. The first-order valence-electron chi connectivity index (χ1n) is 6.29. The van der Waals surface area contributed by atoms with Crippen molar-refractivity contribution in [1.29, 1.82) is 0 Å². The lowest BCUT2D eigenvalue weighted by Gasteiger charge is -2.17. The predicted octanol–water partition coefficient (Wildman–Crippen LogP) is 1.93. The average molecular weight is 235 g/mol. The van der Waals surface area contributed by atoms with Gasteiger partial charge in [-0.3, -0.25) is 0 Å². The van der Waals surface area contributed by atoms with Crippen LogP contribution in [0.5, 0.6) is 0 Å². The summed E-state index contributed by atoms with van der Waals surface area (Å²) in [6.45, 7) is 5.33. The molecule has 94 valence electrons. The van der Waals surface area contributed by atoms with E-state index in [0.717, 1.165) is 24.3 Å². The second kappa shape index (κ2) is 4.87. The maximum atomic E-state index is 5.45. The van der Waals surface area contributed by atoms with Crippen LogP contribution in [0.2, 0.25) is 0 Å². The van der Waals surface area contributed by atoms with Crippen molar-refractivity contribution in [2.24, 2.45) is 11.3 Å². The van der Waals surface area contributed by atoms with Gasteiger partial charge in [-0.25, -0.2) is 15.8 Å². The van der Waals surface area contributed by atoms with Gasteiger partial charge in [-0.05, 0) is 31.1 Å². The van der Waals surface area contributed by atoms with Gasteiger partial charge in [0.2, 0.25) is 0 Å². The molecule has 1 saturated carbocycles. The van der Waals surface area contributed by atoms with E-state index in [0.29, 0.717) is 11.2 Å². The van der Waals surface area contributed by atoms with Crippen LogP contribution in [0.1, 0.15) is 38.7 Å². The van der Waals surface area contributed by atoms with Crippen molar-refractivity contribution in [2.75, 3.05) is 17.3 Å². The molecule has 0 radical (unpaired) electrons. The summed E-state index contributed by atoms with van der Waals surface area (Å²) in [4.78, 5) is 8.43. The van der Waals surface area contributed by atoms with Crippen molar-refractivity contribution in [3.05, 3.63) is 11.9 Å². The number of rotatable bonds is 6. The van der Waals surface area contributed by atoms with Crippen LogP contribution < -0.4 is 16.6 Å². The Morgan fingerprint density at radius 2 is 2.00 bits per heavy atom. The Kier molecular flexibility index (Phi) is 3.47. The van der Waals surface area contributed by atoms with Crippen LogP contribution in [0.4, 0.5) is 11.6 Å². The molecule has 0 atom stereocenters. The number of anilines is 2. The zero-order valence-corrected chi connectivity index (χ0v) is 10.6. The van der Waals surface area contributed by atoms with Crippen molar-refractivity contribution in [3.8, 4) is 0 Å². The van der Waals surface area contributed by atoms with E-state index in [9.17, 15) is 0 Å². The lowest BCUT2D eigenvalue weighted by atomic mass is 10.0. The first kappa shape index (κ1) is 12.1. The molecular weight excluding hydrogens is 214 g/mol. The van der Waals surface area contributed by atoms with E-state index in [1.54, 1.807) is 6.33 Å². The quantitative estimate of drug-likeness (QED) is 0.519. The number of nitrogen functional groups attached to an aromatic ring is 1. The summed E-state index contributed by atoms with van der Waals surface area (Å²) in [6.07, 6.45) is 6.29. The number of nitrogens with one attached hydrogen (secondary N) is 2. The number of hydrogen-bond donors (Lipinski definition) is 3. The molecule has 1 aromatic rings. The third kappa shape index (κ3) is 2.49. The minimum atomic E-state index is 0.506. The molecule has 1 aliphatic rings. The highest BCUT2D eigenvalue weighted by Gasteiger charge is 2.40. The van der Waals surface area contributed by atoms with Crippen LogP contribution in [0.25, 0.3) is 0 Å². The maximum absolute atomic E-state index is 5.45. The highest BCUT2D eigenvalue weighted by molar-refractivity contribution is 5.56. The van der Waals surface area contributed by atoms with E-state index >= 15 is 0 Å². The molecule has 1 aromatic heterocycles. The Morgan fingerprint density at radius 1 is 1.29 bits per heavy atom. The van der Waals surface area contributed by atoms with Crippen molar-refractivity contribution in [3.63, 3.8) is 0 Å². The Hall–Kier alpha value is -1.36. The summed E-state index contributed by atoms with van der Waals surface area (Å²) in [6, 6.07) is 0. The SMILES string of the molecule is CCc1c(NN)ncnc1NCC1(CC)CC1. The fourth-order valence-electron chi connectivity index (χ4n) is 2.13. The molecule has 0 saturated heterocycles. The Bertz CT molecular complexity index is 386. The monoisotopic (exact) mass is 235 g/mol. The molecule has 1 heterocycles. The number of hydrazine groups is 1. The van der Waals surface area contributed by atoms with Gasteiger partial charge >= 0.3 is 0 Å². The lowest BCUT2D eigenvalue weighted by Crippen LogP contribution is -2.18. The second-order valence-corrected chi connectivity index (χ2v) is 4.75. The molecule has 5 heteroatoms. The number of hydrogen-bond acceptors (Lipinski definition) is 5. The molecule has 1 fully saturated rings. The summed E-state index contributed by atoms with van der Waals surface area (Å²) in [5.74, 6) is 7.07. The zero-order chi connectivity index (χ0) is 12.3. The Balaban J connectivity index is 2.09. The summed E-state index contributed by atoms with van der Waals surface area (Å²) >= 11 is 0. The van der Waals surface area contributed by atoms with Crippen LogP contribution in [0, 0.1) is 5.41 Å². The lowest BCUT2D eigenvalue weighted by molar-refractivity contribution is 0.520. The largest absolute Gasteiger partial charge is 0.369 e. The van der Waals surface area contributed by atoms with Crippen molar-refractivity contribution in [1.82, 2.24) is 9.97 Å². The van der Waals surface area contributed by atoms with Gasteiger partial charge in [0.15, 0.2) is 0 Å². The van der Waals surface area contributed by atoms with E-state index in [4.69, 9.17) is 5.84 Å². The van der Waals surface area contributed by atoms with Crippen LogP contribution in [-0.2, 0) is 6.42 Å². The zero-order valence-electron chi connectivity index (χ0n) is 10.6. The molecular formula is C12H21N5. The van der Waals surface area contributed by atoms with Gasteiger partial charge < -0.3 is 10.7 Å². The highest BCUT2D eigenvalue weighted by atomic mass is 15.3. The molecule has 0 amide bonds. The van der Waals surface area contributed by atoms with Crippen molar-refractivity contribution < 1.29 is 0 Å². The summed E-state index contributed by atoms with van der Waals surface area (Å²) in [7, 11) is 0. The Morgan fingerprint density at radius 3 is 2.53 bits per heavy atom. The summed E-state index contributed by atoms with van der Waals surface area (Å²) in [5.41, 5.74) is 4.19. The highest BCUT2D eigenvalue weighted by Crippen LogP contribution is 2.48. The third-order valence-corrected chi connectivity index (χ3v) is 3.77. The molecule has 0 unspecified atom stereocenters. The molecule has 4 N–H and O–H groups in total. The fourth-order valence-corrected chi connectivity index (χ4v) is 2.13. The van der Waals surface area contributed by atoms with Gasteiger partial charge in [0.25, 0.3) is 0 Å². The van der Waals surface area contributed by atoms with E-state index in [1.807, 2.05) is 0 Å². The van der Waals surface area contributed by atoms with Gasteiger partial charge in [0.05, 0.1) is 0 Å². The molecule has 0 aromatic carbocycles. The molecule has 2 rings (SSSR count). The molecule has 17 heavy (non-hydrogen) atoms. The molecule has 1 aliphatic carbocycles.